The zero-order valence-electron chi connectivity index (χ0n) is 9.12. The van der Waals surface area contributed by atoms with Gasteiger partial charge in [0.1, 0.15) is 5.75 Å². The average Bonchev–Trinajstić information content (AvgIpc) is 2.23. The molecule has 0 aromatic heterocycles. The summed E-state index contributed by atoms with van der Waals surface area (Å²) in [6.07, 6.45) is 2.12. The van der Waals surface area contributed by atoms with E-state index in [1.807, 2.05) is 12.1 Å². The number of carbonyl (C=O) groups excluding carboxylic acids is 1. The summed E-state index contributed by atoms with van der Waals surface area (Å²) in [5.41, 5.74) is 1.77. The third-order valence-electron chi connectivity index (χ3n) is 2.25. The molecule has 0 fully saturated rings. The topological polar surface area (TPSA) is 46.5 Å². The largest absolute Gasteiger partial charge is 0.508 e. The Balaban J connectivity index is 2.85. The normalized spacial score (nSPS) is 10.0. The summed E-state index contributed by atoms with van der Waals surface area (Å²) in [5, 5.41) is 9.54. The molecule has 0 amide bonds. The molecule has 1 aromatic rings. The lowest BCUT2D eigenvalue weighted by Crippen LogP contribution is -2.05. The summed E-state index contributed by atoms with van der Waals surface area (Å²) in [4.78, 5) is 11.1. The summed E-state index contributed by atoms with van der Waals surface area (Å²) < 4.78 is 4.56. The summed E-state index contributed by atoms with van der Waals surface area (Å²) in [6.45, 7) is 2.09. The van der Waals surface area contributed by atoms with Crippen LogP contribution in [0, 0.1) is 0 Å². The fourth-order valence-corrected chi connectivity index (χ4v) is 1.45. The van der Waals surface area contributed by atoms with Gasteiger partial charge in [-0.3, -0.25) is 4.79 Å². The van der Waals surface area contributed by atoms with Crippen LogP contribution in [0.15, 0.2) is 18.2 Å². The van der Waals surface area contributed by atoms with Crippen molar-refractivity contribution in [2.45, 2.75) is 26.2 Å². The maximum absolute atomic E-state index is 11.1. The van der Waals surface area contributed by atoms with Gasteiger partial charge in [-0.05, 0) is 18.1 Å². The van der Waals surface area contributed by atoms with E-state index in [9.17, 15) is 9.90 Å². The van der Waals surface area contributed by atoms with E-state index in [1.54, 1.807) is 6.07 Å². The summed E-state index contributed by atoms with van der Waals surface area (Å²) in [6, 6.07) is 5.36. The van der Waals surface area contributed by atoms with E-state index in [0.717, 1.165) is 18.4 Å². The first kappa shape index (κ1) is 11.6. The molecule has 1 N–H and O–H groups in total. The maximum atomic E-state index is 11.1. The Bertz CT molecular complexity index is 345. The first-order valence-electron chi connectivity index (χ1n) is 5.05. The second kappa shape index (κ2) is 5.39. The fourth-order valence-electron chi connectivity index (χ4n) is 1.45. The minimum Gasteiger partial charge on any atom is -0.508 e. The SMILES string of the molecule is CCCc1ccc(O)c(CC(=O)OC)c1. The molecule has 0 atom stereocenters. The number of ether oxygens (including phenoxy) is 1. The number of hydrogen-bond acceptors (Lipinski definition) is 3. The third-order valence-corrected chi connectivity index (χ3v) is 2.25. The van der Waals surface area contributed by atoms with Crippen molar-refractivity contribution >= 4 is 5.97 Å². The molecule has 0 unspecified atom stereocenters. The Morgan fingerprint density at radius 2 is 2.20 bits per heavy atom. The number of esters is 1. The molecule has 1 rings (SSSR count). The molecule has 82 valence electrons. The van der Waals surface area contributed by atoms with E-state index < -0.39 is 0 Å². The van der Waals surface area contributed by atoms with Crippen molar-refractivity contribution in [2.75, 3.05) is 7.11 Å². The van der Waals surface area contributed by atoms with E-state index in [-0.39, 0.29) is 18.1 Å². The van der Waals surface area contributed by atoms with Gasteiger partial charge in [0.25, 0.3) is 0 Å². The lowest BCUT2D eigenvalue weighted by Gasteiger charge is -2.06. The number of aromatic hydroxyl groups is 1. The van der Waals surface area contributed by atoms with Gasteiger partial charge in [0.05, 0.1) is 13.5 Å². The number of aryl methyl sites for hydroxylation is 1. The van der Waals surface area contributed by atoms with Gasteiger partial charge in [0, 0.05) is 5.56 Å². The second-order valence-corrected chi connectivity index (χ2v) is 3.47. The van der Waals surface area contributed by atoms with Gasteiger partial charge in [-0.1, -0.05) is 25.5 Å². The van der Waals surface area contributed by atoms with Crippen LogP contribution >= 0.6 is 0 Å². The van der Waals surface area contributed by atoms with Crippen molar-refractivity contribution in [3.63, 3.8) is 0 Å². The van der Waals surface area contributed by atoms with Gasteiger partial charge in [0.2, 0.25) is 0 Å². The van der Waals surface area contributed by atoms with Crippen LogP contribution in [0.2, 0.25) is 0 Å². The third kappa shape index (κ3) is 3.27. The van der Waals surface area contributed by atoms with Crippen LogP contribution in [-0.4, -0.2) is 18.2 Å². The first-order valence-corrected chi connectivity index (χ1v) is 5.05. The molecule has 0 bridgehead atoms. The molecule has 3 nitrogen and oxygen atoms in total. The Morgan fingerprint density at radius 1 is 1.47 bits per heavy atom. The minimum absolute atomic E-state index is 0.125. The van der Waals surface area contributed by atoms with Crippen LogP contribution in [0.5, 0.6) is 5.75 Å². The van der Waals surface area contributed by atoms with Gasteiger partial charge >= 0.3 is 5.97 Å². The van der Waals surface area contributed by atoms with Crippen molar-refractivity contribution in [3.05, 3.63) is 29.3 Å². The molecule has 0 aliphatic carbocycles. The summed E-state index contributed by atoms with van der Waals surface area (Å²) in [5.74, 6) is -0.181. The first-order chi connectivity index (χ1) is 7.17. The minimum atomic E-state index is -0.334. The van der Waals surface area contributed by atoms with E-state index >= 15 is 0 Å². The Kier molecular flexibility index (Phi) is 4.16. The van der Waals surface area contributed by atoms with Crippen LogP contribution in [0.4, 0.5) is 0 Å². The predicted molar refractivity (Wildman–Crippen MR) is 57.8 cm³/mol. The number of carbonyl (C=O) groups is 1. The molecule has 0 aliphatic heterocycles. The molecule has 0 saturated heterocycles. The maximum Gasteiger partial charge on any atom is 0.310 e. The van der Waals surface area contributed by atoms with E-state index in [4.69, 9.17) is 0 Å². The molecule has 0 aliphatic rings. The summed E-state index contributed by atoms with van der Waals surface area (Å²) >= 11 is 0. The molecule has 3 heteroatoms. The van der Waals surface area contributed by atoms with E-state index in [0.29, 0.717) is 5.56 Å². The lowest BCUT2D eigenvalue weighted by atomic mass is 10.0. The molecular formula is C12H16O3. The van der Waals surface area contributed by atoms with E-state index in [2.05, 4.69) is 11.7 Å². The van der Waals surface area contributed by atoms with Crippen molar-refractivity contribution in [1.29, 1.82) is 0 Å². The number of hydrogen-bond donors (Lipinski definition) is 1. The van der Waals surface area contributed by atoms with Gasteiger partial charge in [-0.2, -0.15) is 0 Å². The second-order valence-electron chi connectivity index (χ2n) is 3.47. The van der Waals surface area contributed by atoms with Crippen LogP contribution in [0.25, 0.3) is 0 Å². The summed E-state index contributed by atoms with van der Waals surface area (Å²) in [7, 11) is 1.34. The van der Waals surface area contributed by atoms with Gasteiger partial charge in [-0.25, -0.2) is 0 Å². The molecule has 1 aromatic carbocycles. The Morgan fingerprint density at radius 3 is 2.80 bits per heavy atom. The Hall–Kier alpha value is -1.51. The fraction of sp³-hybridized carbons (Fsp3) is 0.417. The zero-order valence-corrected chi connectivity index (χ0v) is 9.12. The predicted octanol–water partition coefficient (Wildman–Crippen LogP) is 2.06. The highest BCUT2D eigenvalue weighted by atomic mass is 16.5. The quantitative estimate of drug-likeness (QED) is 0.770. The van der Waals surface area contributed by atoms with Crippen LogP contribution < -0.4 is 0 Å². The standard InChI is InChI=1S/C12H16O3/c1-3-4-9-5-6-11(13)10(7-9)8-12(14)15-2/h5-7,13H,3-4,8H2,1-2H3. The highest BCUT2D eigenvalue weighted by Gasteiger charge is 2.08. The van der Waals surface area contributed by atoms with Gasteiger partial charge in [0.15, 0.2) is 0 Å². The Labute approximate surface area is 89.7 Å². The highest BCUT2D eigenvalue weighted by Crippen LogP contribution is 2.20. The van der Waals surface area contributed by atoms with Crippen LogP contribution in [0.1, 0.15) is 24.5 Å². The molecular weight excluding hydrogens is 192 g/mol. The molecule has 0 radical (unpaired) electrons. The number of benzene rings is 1. The highest BCUT2D eigenvalue weighted by molar-refractivity contribution is 5.73. The smallest absolute Gasteiger partial charge is 0.310 e. The molecule has 0 spiro atoms. The van der Waals surface area contributed by atoms with Crippen LogP contribution in [0.3, 0.4) is 0 Å². The van der Waals surface area contributed by atoms with Crippen molar-refractivity contribution in [3.8, 4) is 5.75 Å². The number of phenolic OH excluding ortho intramolecular Hbond substituents is 1. The van der Waals surface area contributed by atoms with Crippen LogP contribution in [-0.2, 0) is 22.4 Å². The van der Waals surface area contributed by atoms with Gasteiger partial charge in [-0.15, -0.1) is 0 Å². The molecule has 15 heavy (non-hydrogen) atoms. The number of phenols is 1. The lowest BCUT2D eigenvalue weighted by molar-refractivity contribution is -0.139. The molecule has 0 saturated carbocycles. The zero-order chi connectivity index (χ0) is 11.3. The monoisotopic (exact) mass is 208 g/mol. The molecule has 0 heterocycles. The number of methoxy groups -OCH3 is 1. The average molecular weight is 208 g/mol. The number of rotatable bonds is 4. The van der Waals surface area contributed by atoms with Crippen molar-refractivity contribution in [2.24, 2.45) is 0 Å². The van der Waals surface area contributed by atoms with Gasteiger partial charge < -0.3 is 9.84 Å². The van der Waals surface area contributed by atoms with E-state index in [1.165, 1.54) is 7.11 Å². The van der Waals surface area contributed by atoms with Crippen molar-refractivity contribution < 1.29 is 14.6 Å². The van der Waals surface area contributed by atoms with Crippen molar-refractivity contribution in [1.82, 2.24) is 0 Å².